The van der Waals surface area contributed by atoms with Crippen LogP contribution in [0.3, 0.4) is 0 Å². The van der Waals surface area contributed by atoms with Gasteiger partial charge in [0.05, 0.1) is 24.1 Å². The zero-order chi connectivity index (χ0) is 19.2. The van der Waals surface area contributed by atoms with Crippen molar-refractivity contribution in [2.75, 3.05) is 12.8 Å². The lowest BCUT2D eigenvalue weighted by atomic mass is 10.1. The van der Waals surface area contributed by atoms with Gasteiger partial charge in [0, 0.05) is 10.9 Å². The lowest BCUT2D eigenvalue weighted by molar-refractivity contribution is 0.0700. The summed E-state index contributed by atoms with van der Waals surface area (Å²) >= 11 is 0. The van der Waals surface area contributed by atoms with Gasteiger partial charge in [-0.1, -0.05) is 6.07 Å². The molecule has 7 heteroatoms. The van der Waals surface area contributed by atoms with Gasteiger partial charge in [0.15, 0.2) is 0 Å². The Balaban J connectivity index is 2.54. The number of hydrogen-bond acceptors (Lipinski definition) is 5. The van der Waals surface area contributed by atoms with Crippen molar-refractivity contribution in [2.45, 2.75) is 20.8 Å². The van der Waals surface area contributed by atoms with Crippen molar-refractivity contribution in [1.29, 1.82) is 5.26 Å². The topological polar surface area (TPSA) is 114 Å². The maximum Gasteiger partial charge on any atom is 0.340 e. The molecule has 0 aliphatic heterocycles. The fourth-order valence-electron chi connectivity index (χ4n) is 3.26. The van der Waals surface area contributed by atoms with E-state index in [0.717, 1.165) is 16.8 Å². The number of ether oxygens (including phenoxy) is 1. The molecule has 0 bridgehead atoms. The molecular formula is C19H18N4O3. The van der Waals surface area contributed by atoms with Crippen LogP contribution in [0.25, 0.3) is 16.7 Å². The number of carboxylic acids is 1. The number of aryl methyl sites for hydroxylation is 2. The normalized spacial score (nSPS) is 10.7. The standard InChI is InChI=1S/C19H18N4O3/c1-9-5-6-14(26-4)10(2)16(9)23-17(21)15(19(24)25)13-7-12(8-20)11(3)22-18(13)23/h5-7H,21H2,1-4H3,(H,24,25). The van der Waals surface area contributed by atoms with Gasteiger partial charge in [0.25, 0.3) is 0 Å². The predicted octanol–water partition coefficient (Wildman–Crippen LogP) is 3.11. The number of nitrogen functional groups attached to an aromatic ring is 1. The molecule has 0 radical (unpaired) electrons. The number of nitrogens with zero attached hydrogens (tertiary/aromatic N) is 3. The molecule has 0 aliphatic carbocycles. The number of benzene rings is 1. The van der Waals surface area contributed by atoms with Crippen molar-refractivity contribution in [3.8, 4) is 17.5 Å². The van der Waals surface area contributed by atoms with Crippen LogP contribution in [0.2, 0.25) is 0 Å². The second-order valence-corrected chi connectivity index (χ2v) is 6.06. The van der Waals surface area contributed by atoms with E-state index in [4.69, 9.17) is 10.5 Å². The number of hydrogen-bond donors (Lipinski definition) is 2. The van der Waals surface area contributed by atoms with Crippen LogP contribution in [0, 0.1) is 32.1 Å². The Morgan fingerprint density at radius 1 is 1.35 bits per heavy atom. The minimum absolute atomic E-state index is 0.0638. The van der Waals surface area contributed by atoms with E-state index in [1.54, 1.807) is 18.6 Å². The molecule has 2 heterocycles. The molecule has 132 valence electrons. The van der Waals surface area contributed by atoms with Crippen LogP contribution in [-0.4, -0.2) is 27.7 Å². The summed E-state index contributed by atoms with van der Waals surface area (Å²) in [4.78, 5) is 16.3. The molecule has 0 aliphatic rings. The highest BCUT2D eigenvalue weighted by atomic mass is 16.5. The summed E-state index contributed by atoms with van der Waals surface area (Å²) in [6.45, 7) is 5.49. The summed E-state index contributed by atoms with van der Waals surface area (Å²) in [6.07, 6.45) is 0. The molecule has 0 unspecified atom stereocenters. The van der Waals surface area contributed by atoms with Gasteiger partial charge < -0.3 is 15.6 Å². The molecule has 0 atom stereocenters. The second-order valence-electron chi connectivity index (χ2n) is 6.06. The maximum absolute atomic E-state index is 11.8. The van der Waals surface area contributed by atoms with Gasteiger partial charge in [-0.2, -0.15) is 5.26 Å². The molecule has 0 fully saturated rings. The molecular weight excluding hydrogens is 332 g/mol. The van der Waals surface area contributed by atoms with Gasteiger partial charge in [-0.3, -0.25) is 4.57 Å². The van der Waals surface area contributed by atoms with E-state index in [-0.39, 0.29) is 11.4 Å². The molecule has 1 aromatic carbocycles. The Hall–Kier alpha value is -3.53. The van der Waals surface area contributed by atoms with E-state index >= 15 is 0 Å². The first kappa shape index (κ1) is 17.3. The van der Waals surface area contributed by atoms with Crippen molar-refractivity contribution >= 4 is 22.8 Å². The highest BCUT2D eigenvalue weighted by Crippen LogP contribution is 2.36. The third-order valence-corrected chi connectivity index (χ3v) is 4.53. The number of aromatic nitrogens is 2. The van der Waals surface area contributed by atoms with Crippen LogP contribution in [0.5, 0.6) is 5.75 Å². The third kappa shape index (κ3) is 2.35. The highest BCUT2D eigenvalue weighted by molar-refractivity contribution is 6.08. The van der Waals surface area contributed by atoms with Gasteiger partial charge in [0.1, 0.15) is 28.8 Å². The van der Waals surface area contributed by atoms with Gasteiger partial charge >= 0.3 is 5.97 Å². The maximum atomic E-state index is 11.8. The zero-order valence-corrected chi connectivity index (χ0v) is 14.9. The number of nitriles is 1. The van der Waals surface area contributed by atoms with Crippen LogP contribution in [-0.2, 0) is 0 Å². The fraction of sp³-hybridized carbons (Fsp3) is 0.211. The van der Waals surface area contributed by atoms with Crippen molar-refractivity contribution < 1.29 is 14.6 Å². The number of anilines is 1. The molecule has 0 spiro atoms. The molecule has 0 saturated carbocycles. The predicted molar refractivity (Wildman–Crippen MR) is 97.9 cm³/mol. The summed E-state index contributed by atoms with van der Waals surface area (Å²) < 4.78 is 7.02. The smallest absolute Gasteiger partial charge is 0.340 e. The number of methoxy groups -OCH3 is 1. The van der Waals surface area contributed by atoms with Crippen LogP contribution in [0.1, 0.15) is 32.7 Å². The first-order valence-electron chi connectivity index (χ1n) is 7.91. The minimum Gasteiger partial charge on any atom is -0.496 e. The van der Waals surface area contributed by atoms with E-state index in [9.17, 15) is 15.2 Å². The SMILES string of the molecule is COc1ccc(C)c(-n2c(N)c(C(=O)O)c3cc(C#N)c(C)nc32)c1C. The average Bonchev–Trinajstić information content (AvgIpc) is 2.86. The van der Waals surface area contributed by atoms with Gasteiger partial charge in [-0.25, -0.2) is 9.78 Å². The van der Waals surface area contributed by atoms with Gasteiger partial charge in [-0.05, 0) is 38.5 Å². The number of carboxylic acid groups (broad SMARTS) is 1. The lowest BCUT2D eigenvalue weighted by Gasteiger charge is -2.17. The van der Waals surface area contributed by atoms with Crippen LogP contribution >= 0.6 is 0 Å². The molecule has 26 heavy (non-hydrogen) atoms. The molecule has 7 nitrogen and oxygen atoms in total. The Morgan fingerprint density at radius 3 is 2.62 bits per heavy atom. The Labute approximate surface area is 150 Å². The van der Waals surface area contributed by atoms with E-state index in [2.05, 4.69) is 4.98 Å². The first-order valence-corrected chi connectivity index (χ1v) is 7.91. The summed E-state index contributed by atoms with van der Waals surface area (Å²) in [5.74, 6) is -0.443. The van der Waals surface area contributed by atoms with E-state index in [1.165, 1.54) is 6.07 Å². The fourth-order valence-corrected chi connectivity index (χ4v) is 3.26. The Kier molecular flexibility index (Phi) is 4.04. The van der Waals surface area contributed by atoms with Crippen molar-refractivity contribution in [3.63, 3.8) is 0 Å². The number of rotatable bonds is 3. The average molecular weight is 350 g/mol. The highest BCUT2D eigenvalue weighted by Gasteiger charge is 2.25. The summed E-state index contributed by atoms with van der Waals surface area (Å²) in [5.41, 5.74) is 9.83. The molecule has 3 rings (SSSR count). The number of fused-ring (bicyclic) bond motifs is 1. The molecule has 2 aromatic heterocycles. The lowest BCUT2D eigenvalue weighted by Crippen LogP contribution is -2.08. The van der Waals surface area contributed by atoms with E-state index in [0.29, 0.717) is 28.0 Å². The van der Waals surface area contributed by atoms with Gasteiger partial charge in [-0.15, -0.1) is 0 Å². The van der Waals surface area contributed by atoms with Crippen molar-refractivity contribution in [1.82, 2.24) is 9.55 Å². The second kappa shape index (κ2) is 6.08. The zero-order valence-electron chi connectivity index (χ0n) is 14.9. The van der Waals surface area contributed by atoms with Crippen LogP contribution in [0.4, 0.5) is 5.82 Å². The van der Waals surface area contributed by atoms with E-state index < -0.39 is 5.97 Å². The summed E-state index contributed by atoms with van der Waals surface area (Å²) in [6, 6.07) is 7.29. The third-order valence-electron chi connectivity index (χ3n) is 4.53. The molecule has 3 aromatic rings. The largest absolute Gasteiger partial charge is 0.496 e. The van der Waals surface area contributed by atoms with Crippen LogP contribution < -0.4 is 10.5 Å². The monoisotopic (exact) mass is 350 g/mol. The Bertz CT molecular complexity index is 1110. The quantitative estimate of drug-likeness (QED) is 0.750. The molecule has 0 amide bonds. The van der Waals surface area contributed by atoms with E-state index in [1.807, 2.05) is 32.0 Å². The number of aromatic carboxylic acids is 1. The molecule has 3 N–H and O–H groups in total. The van der Waals surface area contributed by atoms with Crippen molar-refractivity contribution in [2.24, 2.45) is 0 Å². The number of pyridine rings is 1. The first-order chi connectivity index (χ1) is 12.3. The summed E-state index contributed by atoms with van der Waals surface area (Å²) in [5, 5.41) is 19.3. The summed E-state index contributed by atoms with van der Waals surface area (Å²) in [7, 11) is 1.57. The number of carbonyl (C=O) groups is 1. The Morgan fingerprint density at radius 2 is 2.04 bits per heavy atom. The van der Waals surface area contributed by atoms with Crippen LogP contribution in [0.15, 0.2) is 18.2 Å². The minimum atomic E-state index is -1.17. The molecule has 0 saturated heterocycles. The number of nitrogens with two attached hydrogens (primary N) is 1. The van der Waals surface area contributed by atoms with Crippen molar-refractivity contribution in [3.05, 3.63) is 46.1 Å². The van der Waals surface area contributed by atoms with Gasteiger partial charge in [0.2, 0.25) is 0 Å².